The van der Waals surface area contributed by atoms with Gasteiger partial charge in [0, 0.05) is 43.4 Å². The summed E-state index contributed by atoms with van der Waals surface area (Å²) in [4.78, 5) is 20.8. The largest absolute Gasteiger partial charge is 0.349 e. The van der Waals surface area contributed by atoms with Crippen molar-refractivity contribution in [2.75, 3.05) is 32.7 Å². The third kappa shape index (κ3) is 4.82. The van der Waals surface area contributed by atoms with Crippen molar-refractivity contribution in [1.82, 2.24) is 20.6 Å². The van der Waals surface area contributed by atoms with Crippen LogP contribution in [0.3, 0.4) is 0 Å². The number of hydrogen-bond acceptors (Lipinski definition) is 8. The monoisotopic (exact) mass is 340 g/mol. The molecule has 2 rings (SSSR count). The van der Waals surface area contributed by atoms with Gasteiger partial charge in [0.25, 0.3) is 5.91 Å². The topological polar surface area (TPSA) is 119 Å². The number of rotatable bonds is 9. The number of carbonyl (C=O) groups is 1. The summed E-state index contributed by atoms with van der Waals surface area (Å²) < 4.78 is 0. The van der Waals surface area contributed by atoms with Crippen LogP contribution in [0.15, 0.2) is 10.8 Å². The number of amides is 1. The molecule has 0 aliphatic rings. The SMILES string of the molecule is NCCNCCNC(=O)c1csc(-c2csc(CCN)n2)n1. The Morgan fingerprint density at radius 3 is 2.73 bits per heavy atom. The third-order valence-electron chi connectivity index (χ3n) is 2.77. The highest BCUT2D eigenvalue weighted by molar-refractivity contribution is 7.14. The number of nitrogens with one attached hydrogen (secondary N) is 2. The van der Waals surface area contributed by atoms with Crippen molar-refractivity contribution in [2.45, 2.75) is 6.42 Å². The van der Waals surface area contributed by atoms with Gasteiger partial charge in [-0.3, -0.25) is 4.79 Å². The molecule has 7 nitrogen and oxygen atoms in total. The van der Waals surface area contributed by atoms with E-state index >= 15 is 0 Å². The van der Waals surface area contributed by atoms with Crippen molar-refractivity contribution >= 4 is 28.6 Å². The van der Waals surface area contributed by atoms with Crippen molar-refractivity contribution in [1.29, 1.82) is 0 Å². The number of thiazole rings is 2. The predicted octanol–water partition coefficient (Wildman–Crippen LogP) is 0.0459. The minimum atomic E-state index is -0.172. The molecule has 0 aliphatic carbocycles. The average molecular weight is 340 g/mol. The molecule has 6 N–H and O–H groups in total. The molecule has 2 heterocycles. The van der Waals surface area contributed by atoms with Crippen LogP contribution in [0, 0.1) is 0 Å². The van der Waals surface area contributed by atoms with E-state index in [0.29, 0.717) is 31.9 Å². The lowest BCUT2D eigenvalue weighted by Gasteiger charge is -2.04. The maximum absolute atomic E-state index is 12.0. The summed E-state index contributed by atoms with van der Waals surface area (Å²) in [5.41, 5.74) is 12.1. The lowest BCUT2D eigenvalue weighted by Crippen LogP contribution is -2.33. The van der Waals surface area contributed by atoms with Gasteiger partial charge in [0.2, 0.25) is 0 Å². The molecule has 9 heteroatoms. The minimum absolute atomic E-state index is 0.172. The maximum Gasteiger partial charge on any atom is 0.270 e. The quantitative estimate of drug-likeness (QED) is 0.479. The van der Waals surface area contributed by atoms with Gasteiger partial charge in [-0.25, -0.2) is 9.97 Å². The van der Waals surface area contributed by atoms with Crippen LogP contribution >= 0.6 is 22.7 Å². The van der Waals surface area contributed by atoms with Gasteiger partial charge >= 0.3 is 0 Å². The van der Waals surface area contributed by atoms with Crippen molar-refractivity contribution in [3.8, 4) is 10.7 Å². The van der Waals surface area contributed by atoms with Crippen LogP contribution in [0.25, 0.3) is 10.7 Å². The molecule has 2 aromatic rings. The van der Waals surface area contributed by atoms with Gasteiger partial charge in [0.1, 0.15) is 16.4 Å². The zero-order chi connectivity index (χ0) is 15.8. The molecule has 22 heavy (non-hydrogen) atoms. The Kier molecular flexibility index (Phi) is 6.87. The van der Waals surface area contributed by atoms with E-state index in [1.54, 1.807) is 16.7 Å². The van der Waals surface area contributed by atoms with Gasteiger partial charge in [-0.05, 0) is 6.54 Å². The standard InChI is InChI=1S/C13H20N6OS2/c14-2-1-11-18-10(8-21-11)13-19-9(7-22-13)12(20)17-6-5-16-4-3-15/h7-8,16H,1-6,14-15H2,(H,17,20). The lowest BCUT2D eigenvalue weighted by atomic mass is 10.4. The smallest absolute Gasteiger partial charge is 0.270 e. The second-order valence-corrected chi connectivity index (χ2v) is 6.30. The zero-order valence-corrected chi connectivity index (χ0v) is 13.8. The molecule has 0 saturated heterocycles. The fraction of sp³-hybridized carbons (Fsp3) is 0.462. The molecule has 0 spiro atoms. The van der Waals surface area contributed by atoms with Crippen LogP contribution in [0.4, 0.5) is 0 Å². The number of aromatic nitrogens is 2. The highest BCUT2D eigenvalue weighted by Gasteiger charge is 2.13. The first kappa shape index (κ1) is 17.0. The van der Waals surface area contributed by atoms with Gasteiger partial charge in [-0.15, -0.1) is 22.7 Å². The Morgan fingerprint density at radius 1 is 1.09 bits per heavy atom. The molecule has 120 valence electrons. The molecule has 0 saturated carbocycles. The molecule has 0 aliphatic heterocycles. The van der Waals surface area contributed by atoms with Gasteiger partial charge in [-0.2, -0.15) is 0 Å². The number of carbonyl (C=O) groups excluding carboxylic acids is 1. The van der Waals surface area contributed by atoms with Gasteiger partial charge in [-0.1, -0.05) is 0 Å². The Hall–Kier alpha value is -1.39. The molecule has 0 aromatic carbocycles. The summed E-state index contributed by atoms with van der Waals surface area (Å²) in [5, 5.41) is 11.4. The Morgan fingerprint density at radius 2 is 1.95 bits per heavy atom. The van der Waals surface area contributed by atoms with Gasteiger partial charge < -0.3 is 22.1 Å². The predicted molar refractivity (Wildman–Crippen MR) is 90.2 cm³/mol. The second-order valence-electron chi connectivity index (χ2n) is 4.50. The first-order valence-electron chi connectivity index (χ1n) is 7.04. The van der Waals surface area contributed by atoms with E-state index in [1.807, 2.05) is 5.38 Å². The van der Waals surface area contributed by atoms with Crippen molar-refractivity contribution < 1.29 is 4.79 Å². The van der Waals surface area contributed by atoms with E-state index in [4.69, 9.17) is 11.5 Å². The Bertz CT molecular complexity index is 597. The molecule has 0 unspecified atom stereocenters. The van der Waals surface area contributed by atoms with Crippen LogP contribution in [0.2, 0.25) is 0 Å². The average Bonchev–Trinajstić information content (AvgIpc) is 3.16. The molecular weight excluding hydrogens is 320 g/mol. The normalized spacial score (nSPS) is 10.8. The van der Waals surface area contributed by atoms with Crippen LogP contribution in [-0.4, -0.2) is 48.6 Å². The van der Waals surface area contributed by atoms with Crippen LogP contribution < -0.4 is 22.1 Å². The summed E-state index contributed by atoms with van der Waals surface area (Å²) in [5.74, 6) is -0.172. The van der Waals surface area contributed by atoms with E-state index in [2.05, 4.69) is 20.6 Å². The first-order valence-corrected chi connectivity index (χ1v) is 8.80. The highest BCUT2D eigenvalue weighted by atomic mass is 32.1. The van der Waals surface area contributed by atoms with Crippen LogP contribution in [0.5, 0.6) is 0 Å². The molecular formula is C13H20N6OS2. The Balaban J connectivity index is 1.88. The van der Waals surface area contributed by atoms with Gasteiger partial charge in [0.15, 0.2) is 0 Å². The van der Waals surface area contributed by atoms with E-state index < -0.39 is 0 Å². The second kappa shape index (κ2) is 8.91. The van der Waals surface area contributed by atoms with Crippen molar-refractivity contribution in [3.05, 3.63) is 21.5 Å². The van der Waals surface area contributed by atoms with Crippen molar-refractivity contribution in [2.24, 2.45) is 11.5 Å². The Labute approximate surface area is 137 Å². The summed E-state index contributed by atoms with van der Waals surface area (Å²) in [6.07, 6.45) is 0.763. The van der Waals surface area contributed by atoms with E-state index in [9.17, 15) is 4.79 Å². The molecule has 0 fully saturated rings. The lowest BCUT2D eigenvalue weighted by molar-refractivity contribution is 0.0950. The molecule has 2 aromatic heterocycles. The molecule has 0 atom stereocenters. The van der Waals surface area contributed by atoms with E-state index in [1.165, 1.54) is 11.3 Å². The summed E-state index contributed by atoms with van der Waals surface area (Å²) in [6, 6.07) is 0. The fourth-order valence-corrected chi connectivity index (χ4v) is 3.36. The van der Waals surface area contributed by atoms with Crippen LogP contribution in [0.1, 0.15) is 15.5 Å². The van der Waals surface area contributed by atoms with Gasteiger partial charge in [0.05, 0.1) is 5.01 Å². The first-order chi connectivity index (χ1) is 10.7. The summed E-state index contributed by atoms with van der Waals surface area (Å²) >= 11 is 2.98. The molecule has 0 radical (unpaired) electrons. The van der Waals surface area contributed by atoms with Crippen molar-refractivity contribution in [3.63, 3.8) is 0 Å². The molecule has 0 bridgehead atoms. The molecule has 1 amide bonds. The number of nitrogens with two attached hydrogens (primary N) is 2. The number of nitrogens with zero attached hydrogens (tertiary/aromatic N) is 2. The summed E-state index contributed by atoms with van der Waals surface area (Å²) in [7, 11) is 0. The van der Waals surface area contributed by atoms with Crippen LogP contribution in [-0.2, 0) is 6.42 Å². The fourth-order valence-electron chi connectivity index (χ4n) is 1.73. The third-order valence-corrected chi connectivity index (χ3v) is 4.55. The summed E-state index contributed by atoms with van der Waals surface area (Å²) in [6.45, 7) is 3.14. The highest BCUT2D eigenvalue weighted by Crippen LogP contribution is 2.25. The maximum atomic E-state index is 12.0. The number of hydrogen-bond donors (Lipinski definition) is 4. The zero-order valence-electron chi connectivity index (χ0n) is 12.2. The minimum Gasteiger partial charge on any atom is -0.349 e. The van der Waals surface area contributed by atoms with E-state index in [-0.39, 0.29) is 5.91 Å². The van der Waals surface area contributed by atoms with E-state index in [0.717, 1.165) is 28.7 Å².